The van der Waals surface area contributed by atoms with Gasteiger partial charge in [0.1, 0.15) is 11.5 Å². The molecule has 0 saturated heterocycles. The van der Waals surface area contributed by atoms with Gasteiger partial charge in [-0.15, -0.1) is 11.3 Å². The maximum Gasteiger partial charge on any atom is 0.262 e. The average Bonchev–Trinajstić information content (AvgIpc) is 2.84. The largest absolute Gasteiger partial charge is 0.384 e. The molecule has 0 aliphatic carbocycles. The second-order valence-corrected chi connectivity index (χ2v) is 4.69. The molecule has 5 heteroatoms. The Morgan fingerprint density at radius 1 is 1.61 bits per heavy atom. The molecule has 0 atom stereocenters. The van der Waals surface area contributed by atoms with Gasteiger partial charge in [-0.2, -0.15) is 0 Å². The Morgan fingerprint density at radius 3 is 3.06 bits per heavy atom. The van der Waals surface area contributed by atoms with Gasteiger partial charge in [-0.25, -0.2) is 0 Å². The highest BCUT2D eigenvalue weighted by Gasteiger charge is 2.11. The van der Waals surface area contributed by atoms with Crippen LogP contribution in [-0.2, 0) is 0 Å². The number of amides is 1. The van der Waals surface area contributed by atoms with Crippen LogP contribution in [0.3, 0.4) is 0 Å². The topological polar surface area (TPSA) is 52.6 Å². The van der Waals surface area contributed by atoms with Gasteiger partial charge in [0.25, 0.3) is 5.91 Å². The number of carbonyl (C=O) groups excluding carboxylic acids is 1. The first-order valence-electron chi connectivity index (χ1n) is 5.83. The molecule has 1 amide bonds. The molecule has 0 bridgehead atoms. The van der Waals surface area contributed by atoms with E-state index in [9.17, 15) is 4.79 Å². The van der Waals surface area contributed by atoms with Crippen LogP contribution < -0.4 is 5.32 Å². The fourth-order valence-electron chi connectivity index (χ4n) is 1.32. The fourth-order valence-corrected chi connectivity index (χ4v) is 2.08. The maximum atomic E-state index is 11.9. The molecule has 0 spiro atoms. The Bertz CT molecular complexity index is 445. The number of hydrogen-bond acceptors (Lipinski definition) is 4. The highest BCUT2D eigenvalue weighted by Crippen LogP contribution is 2.15. The van der Waals surface area contributed by atoms with Crippen LogP contribution in [0.15, 0.2) is 11.4 Å². The predicted molar refractivity (Wildman–Crippen MR) is 73.8 cm³/mol. The number of likely N-dealkylation sites (N-methyl/N-ethyl adjacent to an activating group) is 1. The van der Waals surface area contributed by atoms with Crippen LogP contribution in [0.25, 0.3) is 0 Å². The summed E-state index contributed by atoms with van der Waals surface area (Å²) < 4.78 is 0. The van der Waals surface area contributed by atoms with E-state index in [2.05, 4.69) is 29.0 Å². The predicted octanol–water partition coefficient (Wildman–Crippen LogP) is 0.773. The van der Waals surface area contributed by atoms with Gasteiger partial charge in [0.05, 0.1) is 0 Å². The van der Waals surface area contributed by atoms with Crippen LogP contribution in [0, 0.1) is 11.8 Å². The van der Waals surface area contributed by atoms with Gasteiger partial charge in [0, 0.05) is 18.7 Å². The van der Waals surface area contributed by atoms with Gasteiger partial charge < -0.3 is 15.3 Å². The second-order valence-electron chi connectivity index (χ2n) is 3.78. The lowest BCUT2D eigenvalue weighted by atomic mass is 10.2. The number of rotatable bonds is 5. The van der Waals surface area contributed by atoms with Crippen LogP contribution in [0.4, 0.5) is 0 Å². The number of aliphatic hydroxyl groups excluding tert-OH is 1. The minimum absolute atomic E-state index is 0.100. The van der Waals surface area contributed by atoms with E-state index in [1.54, 1.807) is 6.07 Å². The van der Waals surface area contributed by atoms with Gasteiger partial charge >= 0.3 is 0 Å². The highest BCUT2D eigenvalue weighted by molar-refractivity contribution is 7.12. The van der Waals surface area contributed by atoms with Crippen LogP contribution in [0.2, 0.25) is 0 Å². The summed E-state index contributed by atoms with van der Waals surface area (Å²) in [5.74, 6) is 5.23. The molecule has 1 aromatic rings. The van der Waals surface area contributed by atoms with Gasteiger partial charge in [0.15, 0.2) is 0 Å². The number of nitrogens with zero attached hydrogens (tertiary/aromatic N) is 1. The molecule has 0 aliphatic heterocycles. The van der Waals surface area contributed by atoms with Crippen molar-refractivity contribution in [2.24, 2.45) is 0 Å². The molecule has 2 N–H and O–H groups in total. The molecule has 0 fully saturated rings. The molecule has 0 saturated carbocycles. The summed E-state index contributed by atoms with van der Waals surface area (Å²) >= 11 is 1.36. The first kappa shape index (κ1) is 14.7. The van der Waals surface area contributed by atoms with Gasteiger partial charge in [-0.05, 0) is 25.0 Å². The van der Waals surface area contributed by atoms with Crippen molar-refractivity contribution in [3.05, 3.63) is 21.9 Å². The van der Waals surface area contributed by atoms with E-state index in [4.69, 9.17) is 5.11 Å². The van der Waals surface area contributed by atoms with Crippen molar-refractivity contribution in [3.63, 3.8) is 0 Å². The van der Waals surface area contributed by atoms with Crippen molar-refractivity contribution in [1.29, 1.82) is 0 Å². The molecule has 98 valence electrons. The van der Waals surface area contributed by atoms with Crippen molar-refractivity contribution in [1.82, 2.24) is 10.2 Å². The zero-order chi connectivity index (χ0) is 13.4. The number of thiophene rings is 1. The molecule has 1 rings (SSSR count). The number of hydrogen-bond donors (Lipinski definition) is 2. The lowest BCUT2D eigenvalue weighted by Gasteiger charge is -2.13. The van der Waals surface area contributed by atoms with E-state index in [-0.39, 0.29) is 12.5 Å². The summed E-state index contributed by atoms with van der Waals surface area (Å²) in [6.07, 6.45) is 0. The highest BCUT2D eigenvalue weighted by atomic mass is 32.1. The van der Waals surface area contributed by atoms with Crippen molar-refractivity contribution in [2.45, 2.75) is 6.92 Å². The molecule has 1 heterocycles. The first-order chi connectivity index (χ1) is 8.69. The Balaban J connectivity index is 2.54. The molecule has 0 aromatic carbocycles. The summed E-state index contributed by atoms with van der Waals surface area (Å²) in [4.78, 5) is 14.6. The fraction of sp³-hybridized carbons (Fsp3) is 0.462. The first-order valence-corrected chi connectivity index (χ1v) is 6.71. The average molecular weight is 266 g/mol. The van der Waals surface area contributed by atoms with Gasteiger partial charge in [0.2, 0.25) is 0 Å². The van der Waals surface area contributed by atoms with Gasteiger partial charge in [-0.1, -0.05) is 18.8 Å². The zero-order valence-electron chi connectivity index (χ0n) is 10.7. The summed E-state index contributed by atoms with van der Waals surface area (Å²) in [5, 5.41) is 13.3. The number of nitrogens with one attached hydrogen (secondary N) is 1. The van der Waals surface area contributed by atoms with Crippen LogP contribution in [0.1, 0.15) is 22.2 Å². The standard InChI is InChI=1S/C13H18N2O2S/c1-3-15(2)8-7-14-13(17)12-11(5-4-9-16)6-10-18-12/h6,10,16H,3,7-9H2,1-2H3,(H,14,17). The molecule has 0 radical (unpaired) electrons. The van der Waals surface area contributed by atoms with E-state index in [1.807, 2.05) is 12.4 Å². The third-order valence-electron chi connectivity index (χ3n) is 2.49. The van der Waals surface area contributed by atoms with Crippen molar-refractivity contribution < 1.29 is 9.90 Å². The third kappa shape index (κ3) is 4.49. The third-order valence-corrected chi connectivity index (χ3v) is 3.41. The van der Waals surface area contributed by atoms with E-state index < -0.39 is 0 Å². The summed E-state index contributed by atoms with van der Waals surface area (Å²) in [7, 11) is 2.01. The smallest absolute Gasteiger partial charge is 0.262 e. The minimum atomic E-state index is -0.196. The Labute approximate surface area is 112 Å². The van der Waals surface area contributed by atoms with Crippen LogP contribution >= 0.6 is 11.3 Å². The lowest BCUT2D eigenvalue weighted by molar-refractivity contribution is 0.0954. The molecule has 1 aromatic heterocycles. The quantitative estimate of drug-likeness (QED) is 0.774. The minimum Gasteiger partial charge on any atom is -0.384 e. The Kier molecular flexibility index (Phi) is 6.44. The molecular formula is C13H18N2O2S. The Hall–Kier alpha value is -1.35. The lowest BCUT2D eigenvalue weighted by Crippen LogP contribution is -2.32. The van der Waals surface area contributed by atoms with Crippen molar-refractivity contribution in [3.8, 4) is 11.8 Å². The van der Waals surface area contributed by atoms with Crippen molar-refractivity contribution in [2.75, 3.05) is 33.3 Å². The summed E-state index contributed by atoms with van der Waals surface area (Å²) in [5.41, 5.74) is 0.676. The summed E-state index contributed by atoms with van der Waals surface area (Å²) in [6.45, 7) is 4.28. The number of carbonyl (C=O) groups is 1. The van der Waals surface area contributed by atoms with E-state index in [1.165, 1.54) is 11.3 Å². The van der Waals surface area contributed by atoms with E-state index in [0.717, 1.165) is 13.1 Å². The molecule has 0 aliphatic rings. The van der Waals surface area contributed by atoms with Crippen LogP contribution in [-0.4, -0.2) is 49.2 Å². The van der Waals surface area contributed by atoms with Gasteiger partial charge in [-0.3, -0.25) is 4.79 Å². The zero-order valence-corrected chi connectivity index (χ0v) is 11.5. The normalized spacial score (nSPS) is 10.0. The molecule has 0 unspecified atom stereocenters. The second kappa shape index (κ2) is 7.88. The van der Waals surface area contributed by atoms with Crippen LogP contribution in [0.5, 0.6) is 0 Å². The maximum absolute atomic E-state index is 11.9. The van der Waals surface area contributed by atoms with E-state index in [0.29, 0.717) is 17.0 Å². The number of aliphatic hydroxyl groups is 1. The van der Waals surface area contributed by atoms with Crippen molar-refractivity contribution >= 4 is 17.2 Å². The van der Waals surface area contributed by atoms with E-state index >= 15 is 0 Å². The molecule has 18 heavy (non-hydrogen) atoms. The summed E-state index contributed by atoms with van der Waals surface area (Å²) in [6, 6.07) is 1.79. The molecular weight excluding hydrogens is 248 g/mol. The SMILES string of the molecule is CCN(C)CCNC(=O)c1sccc1C#CCO. The Morgan fingerprint density at radius 2 is 2.39 bits per heavy atom. The monoisotopic (exact) mass is 266 g/mol. The molecule has 4 nitrogen and oxygen atoms in total.